The number of carbonyl (C=O) groups excluding carboxylic acids is 2. The van der Waals surface area contributed by atoms with E-state index in [9.17, 15) is 9.59 Å². The van der Waals surface area contributed by atoms with Crippen LogP contribution in [0.5, 0.6) is 5.75 Å². The predicted molar refractivity (Wildman–Crippen MR) is 89.0 cm³/mol. The van der Waals surface area contributed by atoms with Gasteiger partial charge >= 0.3 is 0 Å². The quantitative estimate of drug-likeness (QED) is 0.852. The van der Waals surface area contributed by atoms with Gasteiger partial charge < -0.3 is 15.8 Å². The van der Waals surface area contributed by atoms with Crippen molar-refractivity contribution in [3.05, 3.63) is 64.2 Å². The van der Waals surface area contributed by atoms with Crippen LogP contribution < -0.4 is 15.8 Å². The molecule has 2 aromatic rings. The third-order valence-corrected chi connectivity index (χ3v) is 3.55. The summed E-state index contributed by atoms with van der Waals surface area (Å²) in [6.07, 6.45) is 0.586. The molecule has 0 radical (unpaired) electrons. The zero-order valence-corrected chi connectivity index (χ0v) is 13.4. The Morgan fingerprint density at radius 2 is 2.00 bits per heavy atom. The lowest BCUT2D eigenvalue weighted by Crippen LogP contribution is -2.26. The minimum atomic E-state index is -0.471. The first-order valence-corrected chi connectivity index (χ1v) is 7.39. The highest BCUT2D eigenvalue weighted by Gasteiger charge is 2.12. The maximum Gasteiger partial charge on any atom is 0.255 e. The predicted octanol–water partition coefficient (Wildman–Crippen LogP) is 2.42. The Bertz CT molecular complexity index is 732. The van der Waals surface area contributed by atoms with E-state index in [4.69, 9.17) is 22.1 Å². The maximum atomic E-state index is 12.2. The van der Waals surface area contributed by atoms with Crippen LogP contribution in [0.4, 0.5) is 0 Å². The molecule has 120 valence electrons. The van der Waals surface area contributed by atoms with E-state index >= 15 is 0 Å². The number of rotatable bonds is 6. The van der Waals surface area contributed by atoms with E-state index in [2.05, 4.69) is 5.32 Å². The largest absolute Gasteiger partial charge is 0.496 e. The van der Waals surface area contributed by atoms with Crippen LogP contribution in [0.3, 0.4) is 0 Å². The maximum absolute atomic E-state index is 12.2. The molecule has 2 rings (SSSR count). The van der Waals surface area contributed by atoms with Gasteiger partial charge in [0, 0.05) is 17.1 Å². The highest BCUT2D eigenvalue weighted by molar-refractivity contribution is 6.30. The molecule has 3 N–H and O–H groups in total. The van der Waals surface area contributed by atoms with Gasteiger partial charge in [0.25, 0.3) is 5.91 Å². The average Bonchev–Trinajstić information content (AvgIpc) is 2.54. The second-order valence-corrected chi connectivity index (χ2v) is 5.35. The standard InChI is InChI=1S/C17H17ClN2O3/c1-23-15-10-13(18)5-6-14(15)17(22)20-8-7-11-3-2-4-12(9-11)16(19)21/h2-6,9-10H,7-8H2,1H3,(H2,19,21)(H,20,22). The van der Waals surface area contributed by atoms with Gasteiger partial charge in [0.05, 0.1) is 12.7 Å². The van der Waals surface area contributed by atoms with E-state index in [0.29, 0.717) is 34.9 Å². The van der Waals surface area contributed by atoms with Gasteiger partial charge in [0.2, 0.25) is 5.91 Å². The van der Waals surface area contributed by atoms with Crippen LogP contribution in [0.1, 0.15) is 26.3 Å². The fourth-order valence-corrected chi connectivity index (χ4v) is 2.31. The smallest absolute Gasteiger partial charge is 0.255 e. The molecule has 0 bridgehead atoms. The molecule has 0 heterocycles. The first-order chi connectivity index (χ1) is 11.0. The van der Waals surface area contributed by atoms with Gasteiger partial charge in [-0.2, -0.15) is 0 Å². The molecule has 5 nitrogen and oxygen atoms in total. The molecule has 0 fully saturated rings. The van der Waals surface area contributed by atoms with Crippen LogP contribution in [0.15, 0.2) is 42.5 Å². The Labute approximate surface area is 139 Å². The second kappa shape index (κ2) is 7.65. The number of primary amides is 1. The Morgan fingerprint density at radius 3 is 2.70 bits per heavy atom. The molecule has 0 unspecified atom stereocenters. The Kier molecular flexibility index (Phi) is 5.60. The fraction of sp³-hybridized carbons (Fsp3) is 0.176. The molecule has 23 heavy (non-hydrogen) atoms. The molecule has 0 aliphatic carbocycles. The number of benzene rings is 2. The summed E-state index contributed by atoms with van der Waals surface area (Å²) in [5, 5.41) is 3.31. The van der Waals surface area contributed by atoms with Crippen molar-refractivity contribution in [3.8, 4) is 5.75 Å². The van der Waals surface area contributed by atoms with Gasteiger partial charge in [-0.05, 0) is 42.3 Å². The Morgan fingerprint density at radius 1 is 1.22 bits per heavy atom. The van der Waals surface area contributed by atoms with Gasteiger partial charge in [-0.25, -0.2) is 0 Å². The van der Waals surface area contributed by atoms with Crippen molar-refractivity contribution in [2.75, 3.05) is 13.7 Å². The minimum absolute atomic E-state index is 0.246. The molecule has 0 atom stereocenters. The van der Waals surface area contributed by atoms with Crippen molar-refractivity contribution in [1.29, 1.82) is 0 Å². The number of methoxy groups -OCH3 is 1. The van der Waals surface area contributed by atoms with Crippen LogP contribution in [0, 0.1) is 0 Å². The normalized spacial score (nSPS) is 10.2. The molecule has 0 spiro atoms. The van der Waals surface area contributed by atoms with Crippen molar-refractivity contribution in [3.63, 3.8) is 0 Å². The molecular formula is C17H17ClN2O3. The molecule has 0 aromatic heterocycles. The molecule has 0 saturated heterocycles. The summed E-state index contributed by atoms with van der Waals surface area (Å²) in [6.45, 7) is 0.423. The molecule has 2 amide bonds. The van der Waals surface area contributed by atoms with Crippen molar-refractivity contribution in [2.24, 2.45) is 5.73 Å². The summed E-state index contributed by atoms with van der Waals surface area (Å²) in [5.41, 5.74) is 7.04. The van der Waals surface area contributed by atoms with Gasteiger partial charge in [-0.15, -0.1) is 0 Å². The highest BCUT2D eigenvalue weighted by Crippen LogP contribution is 2.22. The van der Waals surface area contributed by atoms with E-state index in [-0.39, 0.29) is 5.91 Å². The number of amides is 2. The molecule has 6 heteroatoms. The SMILES string of the molecule is COc1cc(Cl)ccc1C(=O)NCCc1cccc(C(N)=O)c1. The molecule has 0 aliphatic rings. The number of nitrogens with two attached hydrogens (primary N) is 1. The summed E-state index contributed by atoms with van der Waals surface area (Å²) in [4.78, 5) is 23.3. The summed E-state index contributed by atoms with van der Waals surface area (Å²) >= 11 is 5.88. The summed E-state index contributed by atoms with van der Waals surface area (Å²) in [6, 6.07) is 11.9. The van der Waals surface area contributed by atoms with Crippen LogP contribution in [-0.2, 0) is 6.42 Å². The van der Waals surface area contributed by atoms with E-state index in [1.165, 1.54) is 7.11 Å². The molecule has 0 saturated carbocycles. The average molecular weight is 333 g/mol. The third kappa shape index (κ3) is 4.47. The van der Waals surface area contributed by atoms with Crippen molar-refractivity contribution in [1.82, 2.24) is 5.32 Å². The monoisotopic (exact) mass is 332 g/mol. The highest BCUT2D eigenvalue weighted by atomic mass is 35.5. The molecule has 2 aromatic carbocycles. The zero-order chi connectivity index (χ0) is 16.8. The van der Waals surface area contributed by atoms with Crippen molar-refractivity contribution in [2.45, 2.75) is 6.42 Å². The van der Waals surface area contributed by atoms with Crippen LogP contribution in [-0.4, -0.2) is 25.5 Å². The summed E-state index contributed by atoms with van der Waals surface area (Å²) in [7, 11) is 1.48. The number of carbonyl (C=O) groups is 2. The number of hydrogen-bond donors (Lipinski definition) is 2. The first-order valence-electron chi connectivity index (χ1n) is 7.01. The van der Waals surface area contributed by atoms with Gasteiger partial charge in [0.1, 0.15) is 5.75 Å². The van der Waals surface area contributed by atoms with E-state index < -0.39 is 5.91 Å². The van der Waals surface area contributed by atoms with Crippen LogP contribution in [0.2, 0.25) is 5.02 Å². The second-order valence-electron chi connectivity index (χ2n) is 4.92. The lowest BCUT2D eigenvalue weighted by Gasteiger charge is -2.10. The zero-order valence-electron chi connectivity index (χ0n) is 12.6. The van der Waals surface area contributed by atoms with Gasteiger partial charge in [-0.1, -0.05) is 23.7 Å². The van der Waals surface area contributed by atoms with Crippen LogP contribution >= 0.6 is 11.6 Å². The third-order valence-electron chi connectivity index (χ3n) is 3.32. The summed E-state index contributed by atoms with van der Waals surface area (Å²) in [5.74, 6) is -0.294. The summed E-state index contributed by atoms with van der Waals surface area (Å²) < 4.78 is 5.16. The molecule has 0 aliphatic heterocycles. The van der Waals surface area contributed by atoms with Crippen molar-refractivity contribution >= 4 is 23.4 Å². The van der Waals surface area contributed by atoms with Gasteiger partial charge in [0.15, 0.2) is 0 Å². The first kappa shape index (κ1) is 16.8. The number of ether oxygens (including phenoxy) is 1. The number of nitrogens with one attached hydrogen (secondary N) is 1. The lowest BCUT2D eigenvalue weighted by atomic mass is 10.1. The van der Waals surface area contributed by atoms with Gasteiger partial charge in [-0.3, -0.25) is 9.59 Å². The number of hydrogen-bond acceptors (Lipinski definition) is 3. The van der Waals surface area contributed by atoms with Crippen molar-refractivity contribution < 1.29 is 14.3 Å². The fourth-order valence-electron chi connectivity index (χ4n) is 2.15. The van der Waals surface area contributed by atoms with E-state index in [1.807, 2.05) is 6.07 Å². The van der Waals surface area contributed by atoms with Crippen LogP contribution in [0.25, 0.3) is 0 Å². The Balaban J connectivity index is 1.97. The minimum Gasteiger partial charge on any atom is -0.496 e. The topological polar surface area (TPSA) is 81.4 Å². The van der Waals surface area contributed by atoms with E-state index in [1.54, 1.807) is 36.4 Å². The molecular weight excluding hydrogens is 316 g/mol. The number of halogens is 1. The Hall–Kier alpha value is -2.53. The lowest BCUT2D eigenvalue weighted by molar-refractivity contribution is 0.0949. The van der Waals surface area contributed by atoms with E-state index in [0.717, 1.165) is 5.56 Å².